The maximum Gasteiger partial charge on any atom is 0.0744 e. The smallest absolute Gasteiger partial charge is 0.0744 e. The first-order valence-corrected chi connectivity index (χ1v) is 7.96. The predicted octanol–water partition coefficient (Wildman–Crippen LogP) is 2.75. The molecule has 2 unspecified atom stereocenters. The molecule has 0 aromatic heterocycles. The second kappa shape index (κ2) is 7.77. The molecule has 1 aromatic rings. The topological polar surface area (TPSA) is 47.3 Å². The van der Waals surface area contributed by atoms with Crippen molar-refractivity contribution in [3.05, 3.63) is 34.9 Å². The molecule has 1 aliphatic carbocycles. The molecule has 0 fully saturated rings. The third-order valence-electron chi connectivity index (χ3n) is 4.24. The van der Waals surface area contributed by atoms with E-state index in [1.165, 1.54) is 36.0 Å². The number of rotatable bonds is 8. The zero-order valence-corrected chi connectivity index (χ0v) is 12.8. The van der Waals surface area contributed by atoms with Gasteiger partial charge in [0.05, 0.1) is 12.1 Å². The molecule has 1 aromatic carbocycles. The van der Waals surface area contributed by atoms with Crippen molar-refractivity contribution in [2.24, 2.45) is 5.84 Å². The van der Waals surface area contributed by atoms with Gasteiger partial charge in [-0.15, -0.1) is 0 Å². The van der Waals surface area contributed by atoms with Crippen LogP contribution in [0.25, 0.3) is 0 Å². The monoisotopic (exact) mass is 276 g/mol. The van der Waals surface area contributed by atoms with Gasteiger partial charge in [0.15, 0.2) is 0 Å². The van der Waals surface area contributed by atoms with Gasteiger partial charge in [0.1, 0.15) is 0 Å². The SMILES string of the molecule is CCCC(OCC)C(Cc1ccc2c(c1)CCC2)NN. The second-order valence-corrected chi connectivity index (χ2v) is 5.72. The lowest BCUT2D eigenvalue weighted by atomic mass is 9.96. The minimum absolute atomic E-state index is 0.189. The van der Waals surface area contributed by atoms with Crippen LogP contribution in [0.4, 0.5) is 0 Å². The summed E-state index contributed by atoms with van der Waals surface area (Å²) in [4.78, 5) is 0. The summed E-state index contributed by atoms with van der Waals surface area (Å²) in [6, 6.07) is 7.10. The molecule has 1 aliphatic rings. The van der Waals surface area contributed by atoms with Crippen molar-refractivity contribution in [2.45, 2.75) is 64.5 Å². The Hall–Kier alpha value is -0.900. The summed E-state index contributed by atoms with van der Waals surface area (Å²) < 4.78 is 5.86. The molecular weight excluding hydrogens is 248 g/mol. The van der Waals surface area contributed by atoms with E-state index in [0.717, 1.165) is 25.9 Å². The third kappa shape index (κ3) is 3.81. The van der Waals surface area contributed by atoms with Gasteiger partial charge in [0.25, 0.3) is 0 Å². The van der Waals surface area contributed by atoms with Crippen molar-refractivity contribution in [3.63, 3.8) is 0 Å². The van der Waals surface area contributed by atoms with Crippen LogP contribution in [0, 0.1) is 0 Å². The fourth-order valence-corrected chi connectivity index (χ4v) is 3.20. The zero-order valence-electron chi connectivity index (χ0n) is 12.8. The summed E-state index contributed by atoms with van der Waals surface area (Å²) in [7, 11) is 0. The minimum Gasteiger partial charge on any atom is -0.377 e. The normalized spacial score (nSPS) is 16.9. The number of hydrogen-bond donors (Lipinski definition) is 2. The molecule has 0 saturated heterocycles. The minimum atomic E-state index is 0.189. The van der Waals surface area contributed by atoms with E-state index in [2.05, 4.69) is 30.5 Å². The van der Waals surface area contributed by atoms with Crippen molar-refractivity contribution in [2.75, 3.05) is 6.61 Å². The average Bonchev–Trinajstić information content (AvgIpc) is 2.92. The highest BCUT2D eigenvalue weighted by atomic mass is 16.5. The van der Waals surface area contributed by atoms with Gasteiger partial charge < -0.3 is 4.74 Å². The summed E-state index contributed by atoms with van der Waals surface area (Å²) in [6.45, 7) is 4.98. The van der Waals surface area contributed by atoms with Gasteiger partial charge in [-0.05, 0) is 55.7 Å². The molecule has 2 rings (SSSR count). The summed E-state index contributed by atoms with van der Waals surface area (Å²) >= 11 is 0. The van der Waals surface area contributed by atoms with Crippen LogP contribution >= 0.6 is 0 Å². The molecule has 0 spiro atoms. The predicted molar refractivity (Wildman–Crippen MR) is 83.6 cm³/mol. The Bertz CT molecular complexity index is 413. The summed E-state index contributed by atoms with van der Waals surface area (Å²) in [6.07, 6.45) is 7.08. The summed E-state index contributed by atoms with van der Waals surface area (Å²) in [5, 5.41) is 0. The molecule has 0 radical (unpaired) electrons. The largest absolute Gasteiger partial charge is 0.377 e. The maximum atomic E-state index is 5.86. The fraction of sp³-hybridized carbons (Fsp3) is 0.647. The maximum absolute atomic E-state index is 5.86. The summed E-state index contributed by atoms with van der Waals surface area (Å²) in [5.74, 6) is 5.76. The van der Waals surface area contributed by atoms with Crippen LogP contribution in [0.2, 0.25) is 0 Å². The Morgan fingerprint density at radius 3 is 2.75 bits per heavy atom. The molecule has 3 N–H and O–H groups in total. The van der Waals surface area contributed by atoms with Gasteiger partial charge >= 0.3 is 0 Å². The van der Waals surface area contributed by atoms with E-state index in [4.69, 9.17) is 10.6 Å². The van der Waals surface area contributed by atoms with Gasteiger partial charge in [-0.25, -0.2) is 0 Å². The highest BCUT2D eigenvalue weighted by Gasteiger charge is 2.21. The third-order valence-corrected chi connectivity index (χ3v) is 4.24. The van der Waals surface area contributed by atoms with Gasteiger partial charge in [-0.3, -0.25) is 11.3 Å². The Kier molecular flexibility index (Phi) is 6.02. The van der Waals surface area contributed by atoms with Crippen LogP contribution in [-0.4, -0.2) is 18.8 Å². The van der Waals surface area contributed by atoms with Crippen molar-refractivity contribution >= 4 is 0 Å². The number of aryl methyl sites for hydroxylation is 2. The molecule has 2 atom stereocenters. The zero-order chi connectivity index (χ0) is 14.4. The molecule has 0 bridgehead atoms. The Balaban J connectivity index is 2.04. The van der Waals surface area contributed by atoms with E-state index < -0.39 is 0 Å². The average molecular weight is 276 g/mol. The Morgan fingerprint density at radius 1 is 1.25 bits per heavy atom. The number of benzene rings is 1. The number of hydrogen-bond acceptors (Lipinski definition) is 3. The molecule has 0 heterocycles. The number of ether oxygens (including phenoxy) is 1. The summed E-state index contributed by atoms with van der Waals surface area (Å²) in [5.41, 5.74) is 7.39. The fourth-order valence-electron chi connectivity index (χ4n) is 3.20. The Morgan fingerprint density at radius 2 is 2.05 bits per heavy atom. The van der Waals surface area contributed by atoms with Crippen molar-refractivity contribution < 1.29 is 4.74 Å². The van der Waals surface area contributed by atoms with Crippen LogP contribution in [-0.2, 0) is 24.0 Å². The van der Waals surface area contributed by atoms with E-state index in [1.54, 1.807) is 0 Å². The molecule has 0 amide bonds. The van der Waals surface area contributed by atoms with E-state index in [-0.39, 0.29) is 12.1 Å². The highest BCUT2D eigenvalue weighted by Crippen LogP contribution is 2.24. The first kappa shape index (κ1) is 15.5. The van der Waals surface area contributed by atoms with Crippen molar-refractivity contribution in [1.82, 2.24) is 5.43 Å². The van der Waals surface area contributed by atoms with Crippen LogP contribution in [0.5, 0.6) is 0 Å². The van der Waals surface area contributed by atoms with Crippen molar-refractivity contribution in [1.29, 1.82) is 0 Å². The molecule has 0 saturated carbocycles. The molecule has 20 heavy (non-hydrogen) atoms. The first-order chi connectivity index (χ1) is 9.78. The lowest BCUT2D eigenvalue weighted by molar-refractivity contribution is 0.0281. The van der Waals surface area contributed by atoms with Gasteiger partial charge in [-0.2, -0.15) is 0 Å². The quantitative estimate of drug-likeness (QED) is 0.567. The van der Waals surface area contributed by atoms with Crippen LogP contribution in [0.15, 0.2) is 18.2 Å². The molecule has 0 aliphatic heterocycles. The number of fused-ring (bicyclic) bond motifs is 1. The van der Waals surface area contributed by atoms with Crippen LogP contribution in [0.3, 0.4) is 0 Å². The number of nitrogens with two attached hydrogens (primary N) is 1. The molecular formula is C17H28N2O. The van der Waals surface area contributed by atoms with Gasteiger partial charge in [-0.1, -0.05) is 31.5 Å². The first-order valence-electron chi connectivity index (χ1n) is 7.96. The second-order valence-electron chi connectivity index (χ2n) is 5.72. The Labute approximate surface area is 122 Å². The van der Waals surface area contributed by atoms with E-state index in [9.17, 15) is 0 Å². The van der Waals surface area contributed by atoms with Gasteiger partial charge in [0.2, 0.25) is 0 Å². The van der Waals surface area contributed by atoms with E-state index in [0.29, 0.717) is 0 Å². The number of nitrogens with one attached hydrogen (secondary N) is 1. The lowest BCUT2D eigenvalue weighted by Crippen LogP contribution is -2.46. The molecule has 112 valence electrons. The van der Waals surface area contributed by atoms with Crippen molar-refractivity contribution in [3.8, 4) is 0 Å². The molecule has 3 nitrogen and oxygen atoms in total. The highest BCUT2D eigenvalue weighted by molar-refractivity contribution is 5.35. The van der Waals surface area contributed by atoms with E-state index in [1.807, 2.05) is 6.92 Å². The standard InChI is InChI=1S/C17H28N2O/c1-3-6-17(20-4-2)16(19-18)12-13-9-10-14-7-5-8-15(14)11-13/h9-11,16-17,19H,3-8,12,18H2,1-2H3. The lowest BCUT2D eigenvalue weighted by Gasteiger charge is -2.26. The van der Waals surface area contributed by atoms with E-state index >= 15 is 0 Å². The van der Waals surface area contributed by atoms with Crippen LogP contribution < -0.4 is 11.3 Å². The van der Waals surface area contributed by atoms with Gasteiger partial charge in [0, 0.05) is 6.61 Å². The molecule has 3 heteroatoms. The number of hydrazine groups is 1. The van der Waals surface area contributed by atoms with Crippen LogP contribution in [0.1, 0.15) is 49.8 Å².